The number of carbonyl (C=O) groups is 5. The van der Waals surface area contributed by atoms with Gasteiger partial charge in [0.25, 0.3) is 0 Å². The summed E-state index contributed by atoms with van der Waals surface area (Å²) in [7, 11) is 2.44. The van der Waals surface area contributed by atoms with Crippen LogP contribution in [0, 0.1) is 0 Å². The minimum atomic E-state index is -0.840. The number of methoxy groups -OCH3 is 2. The summed E-state index contributed by atoms with van der Waals surface area (Å²) >= 11 is 0. The predicted octanol–water partition coefficient (Wildman–Crippen LogP) is 6.15. The van der Waals surface area contributed by atoms with E-state index < -0.39 is 41.6 Å². The quantitative estimate of drug-likeness (QED) is 0.200. The van der Waals surface area contributed by atoms with Crippen molar-refractivity contribution in [2.24, 2.45) is 0 Å². The lowest BCUT2D eigenvalue weighted by Gasteiger charge is -2.26. The summed E-state index contributed by atoms with van der Waals surface area (Å²) in [6.07, 6.45) is 5.87. The molecule has 2 aromatic carbocycles. The van der Waals surface area contributed by atoms with Gasteiger partial charge in [0, 0.05) is 24.0 Å². The molecule has 2 aliphatic rings. The minimum absolute atomic E-state index is 0.0675. The average Bonchev–Trinajstić information content (AvgIpc) is 3.53. The molecule has 11 heteroatoms. The topological polar surface area (TPSA) is 156 Å². The summed E-state index contributed by atoms with van der Waals surface area (Å²) in [6.45, 7) is 1.73. The van der Waals surface area contributed by atoms with Gasteiger partial charge in [-0.15, -0.1) is 0 Å². The van der Waals surface area contributed by atoms with Crippen LogP contribution in [0.25, 0.3) is 17.4 Å². The van der Waals surface area contributed by atoms with Crippen LogP contribution >= 0.6 is 0 Å². The maximum absolute atomic E-state index is 13.5. The van der Waals surface area contributed by atoms with Crippen LogP contribution in [0.3, 0.4) is 0 Å². The first-order valence-corrected chi connectivity index (χ1v) is 15.0. The SMILES string of the molecule is COC(=O)c1cc(C(=O)OC)cc(-c2ccc([C@@H]3CC(=O)Oc4cc5c(c(O)c43)C(=O)O[C@@H](C)CCCC(=O)CCCC=C5)o2)c1. The molecule has 3 aromatic rings. The molecule has 3 heterocycles. The first-order chi connectivity index (χ1) is 22.1. The van der Waals surface area contributed by atoms with Gasteiger partial charge < -0.3 is 28.5 Å². The molecule has 240 valence electrons. The number of hydrogen-bond acceptors (Lipinski definition) is 11. The van der Waals surface area contributed by atoms with E-state index in [9.17, 15) is 29.1 Å². The van der Waals surface area contributed by atoms with Gasteiger partial charge in [0.15, 0.2) is 0 Å². The van der Waals surface area contributed by atoms with Crippen molar-refractivity contribution in [1.82, 2.24) is 0 Å². The molecule has 0 amide bonds. The summed E-state index contributed by atoms with van der Waals surface area (Å²) in [6, 6.07) is 9.05. The minimum Gasteiger partial charge on any atom is -0.507 e. The highest BCUT2D eigenvalue weighted by Crippen LogP contribution is 2.48. The number of allylic oxidation sites excluding steroid dienone is 1. The number of cyclic esters (lactones) is 1. The molecule has 0 bridgehead atoms. The zero-order chi connectivity index (χ0) is 33.0. The van der Waals surface area contributed by atoms with Gasteiger partial charge in [0.05, 0.1) is 43.8 Å². The Balaban J connectivity index is 1.57. The smallest absolute Gasteiger partial charge is 0.342 e. The molecular weight excluding hydrogens is 596 g/mol. The van der Waals surface area contributed by atoms with Crippen molar-refractivity contribution in [2.75, 3.05) is 14.2 Å². The number of benzene rings is 2. The number of hydrogen-bond donors (Lipinski definition) is 1. The third kappa shape index (κ3) is 6.88. The molecule has 1 aromatic heterocycles. The van der Waals surface area contributed by atoms with Crippen LogP contribution in [-0.2, 0) is 23.8 Å². The Kier molecular flexibility index (Phi) is 9.69. The Morgan fingerprint density at radius 3 is 2.33 bits per heavy atom. The number of phenolic OH excluding ortho intramolecular Hbond substituents is 1. The Morgan fingerprint density at radius 1 is 0.935 bits per heavy atom. The number of phenols is 1. The molecule has 0 spiro atoms. The lowest BCUT2D eigenvalue weighted by atomic mass is 9.86. The van der Waals surface area contributed by atoms with Crippen molar-refractivity contribution in [2.45, 2.75) is 63.9 Å². The van der Waals surface area contributed by atoms with Crippen molar-refractivity contribution in [3.8, 4) is 22.8 Å². The van der Waals surface area contributed by atoms with Crippen LogP contribution in [0.4, 0.5) is 0 Å². The number of fused-ring (bicyclic) bond motifs is 2. The maximum atomic E-state index is 13.5. The number of ketones is 1. The second-order valence-corrected chi connectivity index (χ2v) is 11.3. The van der Waals surface area contributed by atoms with Crippen molar-refractivity contribution in [3.05, 3.63) is 76.1 Å². The standard InChI is InChI=1S/C35H34O11/c1-19-8-7-11-24(36)10-6-4-5-9-20-17-28-31(32(38)30(20)35(41)44-19)25(18-29(37)46-28)27-13-12-26(45-27)21-14-22(33(39)42-2)16-23(15-21)34(40)43-3/h5,9,12-17,19,25,38H,4,6-8,10-11,18H2,1-3H3/t19-,25-/m0/s1. The van der Waals surface area contributed by atoms with E-state index in [-0.39, 0.29) is 51.7 Å². The number of aromatic hydroxyl groups is 1. The number of esters is 4. The molecule has 0 radical (unpaired) electrons. The summed E-state index contributed by atoms with van der Waals surface area (Å²) in [5.41, 5.74) is 0.975. The maximum Gasteiger partial charge on any atom is 0.342 e. The van der Waals surface area contributed by atoms with Gasteiger partial charge in [0.1, 0.15) is 34.4 Å². The van der Waals surface area contributed by atoms with E-state index in [1.807, 2.05) is 0 Å². The molecule has 0 unspecified atom stereocenters. The van der Waals surface area contributed by atoms with Gasteiger partial charge in [-0.2, -0.15) is 0 Å². The van der Waals surface area contributed by atoms with Gasteiger partial charge >= 0.3 is 23.9 Å². The number of carbonyl (C=O) groups excluding carboxylic acids is 5. The highest BCUT2D eigenvalue weighted by molar-refractivity contribution is 5.99. The molecular formula is C35H34O11. The number of ether oxygens (including phenoxy) is 4. The Bertz CT molecular complexity index is 1690. The van der Waals surface area contributed by atoms with Crippen molar-refractivity contribution >= 4 is 35.7 Å². The first-order valence-electron chi connectivity index (χ1n) is 15.0. The van der Waals surface area contributed by atoms with E-state index in [4.69, 9.17) is 23.4 Å². The van der Waals surface area contributed by atoms with Crippen LogP contribution in [0.5, 0.6) is 11.5 Å². The third-order valence-corrected chi connectivity index (χ3v) is 8.01. The molecule has 0 saturated heterocycles. The summed E-state index contributed by atoms with van der Waals surface area (Å²) in [4.78, 5) is 63.1. The van der Waals surface area contributed by atoms with E-state index >= 15 is 0 Å². The second-order valence-electron chi connectivity index (χ2n) is 11.3. The fraction of sp³-hybridized carbons (Fsp3) is 0.343. The van der Waals surface area contributed by atoms with Gasteiger partial charge in [-0.1, -0.05) is 12.2 Å². The van der Waals surface area contributed by atoms with Gasteiger partial charge in [-0.3, -0.25) is 9.59 Å². The molecule has 2 atom stereocenters. The summed E-state index contributed by atoms with van der Waals surface area (Å²) < 4.78 is 27.0. The normalized spacial score (nSPS) is 18.8. The monoisotopic (exact) mass is 630 g/mol. The predicted molar refractivity (Wildman–Crippen MR) is 164 cm³/mol. The van der Waals surface area contributed by atoms with Crippen molar-refractivity contribution < 1.29 is 52.4 Å². The Labute approximate surface area is 265 Å². The van der Waals surface area contributed by atoms with Gasteiger partial charge in [-0.05, 0) is 74.6 Å². The Hall–Kier alpha value is -5.19. The molecule has 5 rings (SSSR count). The molecule has 2 aliphatic heterocycles. The van der Waals surface area contributed by atoms with Crippen molar-refractivity contribution in [1.29, 1.82) is 0 Å². The molecule has 46 heavy (non-hydrogen) atoms. The molecule has 0 saturated carbocycles. The zero-order valence-electron chi connectivity index (χ0n) is 25.8. The number of rotatable bonds is 4. The molecule has 11 nitrogen and oxygen atoms in total. The first kappa shape index (κ1) is 32.2. The lowest BCUT2D eigenvalue weighted by molar-refractivity contribution is -0.135. The van der Waals surface area contributed by atoms with E-state index in [0.717, 1.165) is 0 Å². The van der Waals surface area contributed by atoms with E-state index in [1.54, 1.807) is 31.2 Å². The van der Waals surface area contributed by atoms with Crippen LogP contribution in [-0.4, -0.2) is 55.1 Å². The van der Waals surface area contributed by atoms with E-state index in [2.05, 4.69) is 0 Å². The Morgan fingerprint density at radius 2 is 1.63 bits per heavy atom. The van der Waals surface area contributed by atoms with Crippen molar-refractivity contribution in [3.63, 3.8) is 0 Å². The van der Waals surface area contributed by atoms with E-state index in [1.165, 1.54) is 38.5 Å². The number of Topliss-reactive ketones (excluding diaryl/α,β-unsaturated/α-hetero) is 1. The average molecular weight is 631 g/mol. The van der Waals surface area contributed by atoms with Crippen LogP contribution in [0.1, 0.15) is 106 Å². The molecule has 0 fully saturated rings. The van der Waals surface area contributed by atoms with Gasteiger partial charge in [-0.25, -0.2) is 14.4 Å². The third-order valence-electron chi connectivity index (χ3n) is 8.01. The summed E-state index contributed by atoms with van der Waals surface area (Å²) in [5, 5.41) is 11.7. The summed E-state index contributed by atoms with van der Waals surface area (Å²) in [5.74, 6) is -3.13. The fourth-order valence-electron chi connectivity index (χ4n) is 5.70. The van der Waals surface area contributed by atoms with Crippen LogP contribution in [0.15, 0.2) is 46.9 Å². The van der Waals surface area contributed by atoms with Gasteiger partial charge in [0.2, 0.25) is 0 Å². The van der Waals surface area contributed by atoms with Crippen LogP contribution < -0.4 is 4.74 Å². The van der Waals surface area contributed by atoms with Crippen LogP contribution in [0.2, 0.25) is 0 Å². The zero-order valence-corrected chi connectivity index (χ0v) is 25.8. The van der Waals surface area contributed by atoms with E-state index in [0.29, 0.717) is 49.7 Å². The largest absolute Gasteiger partial charge is 0.507 e. The highest BCUT2D eigenvalue weighted by Gasteiger charge is 2.37. The second kappa shape index (κ2) is 13.8. The number of furan rings is 1. The molecule has 0 aliphatic carbocycles. The fourth-order valence-corrected chi connectivity index (χ4v) is 5.70. The lowest BCUT2D eigenvalue weighted by Crippen LogP contribution is -2.23. The molecule has 1 N–H and O–H groups in total. The highest BCUT2D eigenvalue weighted by atomic mass is 16.5.